The number of fused-ring (bicyclic) bond motifs is 1. The summed E-state index contributed by atoms with van der Waals surface area (Å²) in [6.07, 6.45) is 3.22. The molecule has 3 aromatic rings. The van der Waals surface area contributed by atoms with Crippen LogP contribution in [0.5, 0.6) is 0 Å². The molecular weight excluding hydrogens is 440 g/mol. The number of amides is 2. The zero-order valence-electron chi connectivity index (χ0n) is 18.7. The number of anilines is 2. The minimum atomic E-state index is -0.475. The highest BCUT2D eigenvalue weighted by molar-refractivity contribution is 7.17. The van der Waals surface area contributed by atoms with Crippen molar-refractivity contribution >= 4 is 34.0 Å². The summed E-state index contributed by atoms with van der Waals surface area (Å²) in [5, 5.41) is 10.1. The van der Waals surface area contributed by atoms with Gasteiger partial charge in [0.2, 0.25) is 5.91 Å². The maximum absolute atomic E-state index is 12.6. The molecule has 2 heterocycles. The second-order valence-electron chi connectivity index (χ2n) is 8.34. The van der Waals surface area contributed by atoms with E-state index in [0.29, 0.717) is 48.7 Å². The molecule has 0 fully saturated rings. The van der Waals surface area contributed by atoms with Gasteiger partial charge in [-0.1, -0.05) is 42.4 Å². The number of rotatable bonds is 7. The molecule has 0 saturated heterocycles. The maximum Gasteiger partial charge on any atom is 0.407 e. The van der Waals surface area contributed by atoms with E-state index in [1.807, 2.05) is 37.3 Å². The Morgan fingerprint density at radius 1 is 1.33 bits per heavy atom. The van der Waals surface area contributed by atoms with Gasteiger partial charge in [-0.25, -0.2) is 4.79 Å². The predicted molar refractivity (Wildman–Crippen MR) is 127 cm³/mol. The molecule has 9 heteroatoms. The third-order valence-corrected chi connectivity index (χ3v) is 7.11. The number of alkyl carbamates (subject to hydrolysis) is 1. The number of nitrogen functional groups attached to an aromatic ring is 1. The van der Waals surface area contributed by atoms with Crippen molar-refractivity contribution < 1.29 is 18.8 Å². The summed E-state index contributed by atoms with van der Waals surface area (Å²) in [6.45, 7) is 4.13. The lowest BCUT2D eigenvalue weighted by atomic mass is 9.95. The number of benzene rings is 1. The number of nitrogens with two attached hydrogens (primary N) is 1. The molecule has 1 aliphatic carbocycles. The van der Waals surface area contributed by atoms with Crippen LogP contribution in [0.4, 0.5) is 15.5 Å². The molecule has 1 aromatic carbocycles. The van der Waals surface area contributed by atoms with Gasteiger partial charge in [-0.15, -0.1) is 11.3 Å². The van der Waals surface area contributed by atoms with Crippen molar-refractivity contribution in [3.8, 4) is 0 Å². The van der Waals surface area contributed by atoms with Crippen LogP contribution in [-0.4, -0.2) is 23.3 Å². The average Bonchev–Trinajstić information content (AvgIpc) is 3.35. The lowest BCUT2D eigenvalue weighted by molar-refractivity contribution is -0.116. The molecule has 4 rings (SSSR count). The van der Waals surface area contributed by atoms with Crippen LogP contribution in [0.1, 0.15) is 53.0 Å². The predicted octanol–water partition coefficient (Wildman–Crippen LogP) is 4.54. The highest BCUT2D eigenvalue weighted by Crippen LogP contribution is 2.41. The first-order valence-corrected chi connectivity index (χ1v) is 11.8. The minimum absolute atomic E-state index is 0.0622. The fourth-order valence-corrected chi connectivity index (χ4v) is 5.23. The molecule has 33 heavy (non-hydrogen) atoms. The van der Waals surface area contributed by atoms with Gasteiger partial charge in [-0.3, -0.25) is 4.79 Å². The summed E-state index contributed by atoms with van der Waals surface area (Å²) in [5.41, 5.74) is 9.95. The van der Waals surface area contributed by atoms with Crippen LogP contribution in [0, 0.1) is 6.92 Å². The van der Waals surface area contributed by atoms with E-state index in [4.69, 9.17) is 15.0 Å². The largest absolute Gasteiger partial charge is 0.446 e. The Kier molecular flexibility index (Phi) is 6.98. The second-order valence-corrected chi connectivity index (χ2v) is 9.45. The average molecular weight is 469 g/mol. The third kappa shape index (κ3) is 5.54. The van der Waals surface area contributed by atoms with Crippen LogP contribution in [0.15, 0.2) is 41.1 Å². The molecule has 0 spiro atoms. The van der Waals surface area contributed by atoms with Gasteiger partial charge >= 0.3 is 6.09 Å². The second kappa shape index (κ2) is 10.1. The normalized spacial score (nSPS) is 16.0. The SMILES string of the molecule is Cc1oncc1CNC(=O)OC1CCc2c(sc(NC(=O)CC(C)c3ccccc3)c2N)C1. The van der Waals surface area contributed by atoms with E-state index in [0.717, 1.165) is 21.6 Å². The zero-order chi connectivity index (χ0) is 23.4. The number of nitrogens with zero attached hydrogens (tertiary/aromatic N) is 1. The van der Waals surface area contributed by atoms with E-state index in [2.05, 4.69) is 15.8 Å². The first-order chi connectivity index (χ1) is 15.9. The van der Waals surface area contributed by atoms with E-state index in [1.165, 1.54) is 11.3 Å². The lowest BCUT2D eigenvalue weighted by Crippen LogP contribution is -2.31. The quantitative estimate of drug-likeness (QED) is 0.468. The van der Waals surface area contributed by atoms with Gasteiger partial charge in [-0.2, -0.15) is 0 Å². The van der Waals surface area contributed by atoms with Crippen molar-refractivity contribution in [2.45, 2.75) is 58.1 Å². The number of aromatic nitrogens is 1. The highest BCUT2D eigenvalue weighted by Gasteiger charge is 2.27. The van der Waals surface area contributed by atoms with Crippen LogP contribution < -0.4 is 16.4 Å². The van der Waals surface area contributed by atoms with E-state index in [1.54, 1.807) is 13.1 Å². The van der Waals surface area contributed by atoms with E-state index in [9.17, 15) is 9.59 Å². The molecule has 174 valence electrons. The van der Waals surface area contributed by atoms with Crippen LogP contribution in [-0.2, 0) is 28.9 Å². The number of nitrogens with one attached hydrogen (secondary N) is 2. The van der Waals surface area contributed by atoms with Crippen LogP contribution in [0.3, 0.4) is 0 Å². The van der Waals surface area contributed by atoms with Crippen LogP contribution in [0.2, 0.25) is 0 Å². The molecule has 2 unspecified atom stereocenters. The number of carbonyl (C=O) groups excluding carboxylic acids is 2. The van der Waals surface area contributed by atoms with Gasteiger partial charge < -0.3 is 25.6 Å². The Morgan fingerprint density at radius 2 is 2.12 bits per heavy atom. The molecule has 2 aromatic heterocycles. The van der Waals surface area contributed by atoms with Crippen molar-refractivity contribution in [2.24, 2.45) is 0 Å². The third-order valence-electron chi connectivity index (χ3n) is 5.92. The molecule has 8 nitrogen and oxygen atoms in total. The number of thiophene rings is 1. The number of hydrogen-bond acceptors (Lipinski definition) is 7. The summed E-state index contributed by atoms with van der Waals surface area (Å²) in [7, 11) is 0. The fraction of sp³-hybridized carbons (Fsp3) is 0.375. The molecule has 2 atom stereocenters. The van der Waals surface area contributed by atoms with E-state index in [-0.39, 0.29) is 17.9 Å². The molecule has 0 radical (unpaired) electrons. The van der Waals surface area contributed by atoms with Crippen LogP contribution >= 0.6 is 11.3 Å². The Labute approximate surface area is 196 Å². The first-order valence-electron chi connectivity index (χ1n) is 11.0. The Morgan fingerprint density at radius 3 is 2.85 bits per heavy atom. The molecule has 1 aliphatic rings. The summed E-state index contributed by atoms with van der Waals surface area (Å²) >= 11 is 1.47. The number of carbonyl (C=O) groups is 2. The smallest absolute Gasteiger partial charge is 0.407 e. The molecule has 0 aliphatic heterocycles. The summed E-state index contributed by atoms with van der Waals surface area (Å²) in [5.74, 6) is 0.715. The molecular formula is C24H28N4O4S. The molecule has 0 bridgehead atoms. The van der Waals surface area contributed by atoms with Gasteiger partial charge in [0, 0.05) is 23.3 Å². The minimum Gasteiger partial charge on any atom is -0.446 e. The van der Waals surface area contributed by atoms with Gasteiger partial charge in [0.05, 0.1) is 18.4 Å². The summed E-state index contributed by atoms with van der Waals surface area (Å²) in [4.78, 5) is 25.9. The molecule has 0 saturated carbocycles. The van der Waals surface area contributed by atoms with Crippen molar-refractivity contribution in [3.63, 3.8) is 0 Å². The van der Waals surface area contributed by atoms with Gasteiger partial charge in [0.25, 0.3) is 0 Å². The fourth-order valence-electron chi connectivity index (χ4n) is 3.98. The maximum atomic E-state index is 12.6. The van der Waals surface area contributed by atoms with E-state index >= 15 is 0 Å². The lowest BCUT2D eigenvalue weighted by Gasteiger charge is -2.22. The Balaban J connectivity index is 1.31. The standard InChI is InChI=1S/C24H28N4O4S/c1-14(16-6-4-3-5-7-16)10-21(29)28-23-22(25)19-9-8-18(11-20(19)33-23)31-24(30)26-12-17-13-27-32-15(17)2/h3-7,13-14,18H,8-12,25H2,1-2H3,(H,26,30)(H,28,29). The van der Waals surface area contributed by atoms with E-state index < -0.39 is 6.09 Å². The van der Waals surface area contributed by atoms with Gasteiger partial charge in [-0.05, 0) is 36.8 Å². The highest BCUT2D eigenvalue weighted by atomic mass is 32.1. The zero-order valence-corrected chi connectivity index (χ0v) is 19.5. The van der Waals surface area contributed by atoms with Crippen molar-refractivity contribution in [3.05, 3.63) is 63.9 Å². The first kappa shape index (κ1) is 22.8. The number of hydrogen-bond donors (Lipinski definition) is 3. The van der Waals surface area contributed by atoms with Crippen LogP contribution in [0.25, 0.3) is 0 Å². The van der Waals surface area contributed by atoms with Gasteiger partial charge in [0.15, 0.2) is 0 Å². The van der Waals surface area contributed by atoms with Crippen molar-refractivity contribution in [1.29, 1.82) is 0 Å². The number of aryl methyl sites for hydroxylation is 1. The number of ether oxygens (including phenoxy) is 1. The van der Waals surface area contributed by atoms with Gasteiger partial charge in [0.1, 0.15) is 16.9 Å². The summed E-state index contributed by atoms with van der Waals surface area (Å²) < 4.78 is 10.6. The monoisotopic (exact) mass is 468 g/mol. The van der Waals surface area contributed by atoms with Crippen molar-refractivity contribution in [2.75, 3.05) is 11.1 Å². The Bertz CT molecular complexity index is 1120. The molecule has 4 N–H and O–H groups in total. The Hall–Kier alpha value is -3.33. The van der Waals surface area contributed by atoms with Crippen molar-refractivity contribution in [1.82, 2.24) is 10.5 Å². The summed E-state index contributed by atoms with van der Waals surface area (Å²) in [6, 6.07) is 9.97. The topological polar surface area (TPSA) is 119 Å². The molecule has 2 amide bonds.